The molecule has 0 unspecified atom stereocenters. The number of anilines is 1. The Morgan fingerprint density at radius 3 is 2.50 bits per heavy atom. The number of nitrogens with zero attached hydrogens (tertiary/aromatic N) is 2. The molecular weight excluding hydrogens is 250 g/mol. The van der Waals surface area contributed by atoms with Gasteiger partial charge in [-0.05, 0) is 29.8 Å². The van der Waals surface area contributed by atoms with Crippen LogP contribution in [0.5, 0.6) is 0 Å². The normalized spacial score (nSPS) is 10.5. The Hall–Kier alpha value is -2.20. The predicted octanol–water partition coefficient (Wildman–Crippen LogP) is 2.78. The average Bonchev–Trinajstić information content (AvgIpc) is 2.39. The Morgan fingerprint density at radius 1 is 1.17 bits per heavy atom. The maximum absolute atomic E-state index is 11.5. The van der Waals surface area contributed by atoms with Gasteiger partial charge in [0.1, 0.15) is 0 Å². The lowest BCUT2D eigenvalue weighted by atomic mass is 10.2. The first kappa shape index (κ1) is 12.3. The molecule has 1 N–H and O–H groups in total. The smallest absolute Gasteiger partial charge is 0.250 e. The highest BCUT2D eigenvalue weighted by molar-refractivity contribution is 6.30. The van der Waals surface area contributed by atoms with Crippen LogP contribution in [0, 0.1) is 0 Å². The van der Waals surface area contributed by atoms with E-state index < -0.39 is 0 Å². The zero-order chi connectivity index (χ0) is 12.8. The molecule has 5 heteroatoms. The summed E-state index contributed by atoms with van der Waals surface area (Å²) in [6, 6.07) is 8.86. The van der Waals surface area contributed by atoms with Crippen molar-refractivity contribution in [1.29, 1.82) is 0 Å². The fourth-order valence-corrected chi connectivity index (χ4v) is 1.39. The molecule has 0 atom stereocenters. The van der Waals surface area contributed by atoms with Crippen molar-refractivity contribution >= 4 is 29.5 Å². The van der Waals surface area contributed by atoms with Gasteiger partial charge in [0.15, 0.2) is 0 Å². The number of halogens is 1. The molecule has 18 heavy (non-hydrogen) atoms. The Labute approximate surface area is 109 Å². The minimum absolute atomic E-state index is 0.281. The third kappa shape index (κ3) is 3.68. The van der Waals surface area contributed by atoms with Crippen LogP contribution in [0.25, 0.3) is 6.08 Å². The zero-order valence-electron chi connectivity index (χ0n) is 9.38. The zero-order valence-corrected chi connectivity index (χ0v) is 10.1. The molecule has 0 saturated heterocycles. The molecular formula is C13H10ClN3O. The van der Waals surface area contributed by atoms with Crippen LogP contribution < -0.4 is 5.32 Å². The van der Waals surface area contributed by atoms with Gasteiger partial charge < -0.3 is 0 Å². The molecule has 0 spiro atoms. The van der Waals surface area contributed by atoms with E-state index in [4.69, 9.17) is 11.6 Å². The van der Waals surface area contributed by atoms with E-state index in [0.717, 1.165) is 5.56 Å². The number of nitrogens with one attached hydrogen (secondary N) is 1. The summed E-state index contributed by atoms with van der Waals surface area (Å²) < 4.78 is 0. The summed E-state index contributed by atoms with van der Waals surface area (Å²) in [5.41, 5.74) is 0.892. The predicted molar refractivity (Wildman–Crippen MR) is 71.1 cm³/mol. The quantitative estimate of drug-likeness (QED) is 0.863. The van der Waals surface area contributed by atoms with Crippen LogP contribution >= 0.6 is 11.6 Å². The van der Waals surface area contributed by atoms with Crippen molar-refractivity contribution in [3.05, 3.63) is 59.4 Å². The topological polar surface area (TPSA) is 54.9 Å². The third-order valence-corrected chi connectivity index (χ3v) is 2.35. The summed E-state index contributed by atoms with van der Waals surface area (Å²) in [7, 11) is 0. The largest absolute Gasteiger partial charge is 0.291 e. The standard InChI is InChI=1S/C13H10ClN3O/c14-11-5-2-10(3-6-11)4-7-12(18)17-13-15-8-1-9-16-13/h1-9H,(H,15,16,17,18)/b7-4+. The molecule has 1 aromatic carbocycles. The molecule has 90 valence electrons. The summed E-state index contributed by atoms with van der Waals surface area (Å²) in [6.45, 7) is 0. The molecule has 2 aromatic rings. The van der Waals surface area contributed by atoms with E-state index in [1.54, 1.807) is 36.7 Å². The number of hydrogen-bond acceptors (Lipinski definition) is 3. The van der Waals surface area contributed by atoms with Gasteiger partial charge in [0.25, 0.3) is 5.91 Å². The Balaban J connectivity index is 1.97. The second-order valence-electron chi connectivity index (χ2n) is 3.45. The summed E-state index contributed by atoms with van der Waals surface area (Å²) in [5, 5.41) is 3.21. The Kier molecular flexibility index (Phi) is 4.04. The van der Waals surface area contributed by atoms with E-state index in [1.807, 2.05) is 12.1 Å². The van der Waals surface area contributed by atoms with Crippen molar-refractivity contribution in [3.63, 3.8) is 0 Å². The van der Waals surface area contributed by atoms with E-state index >= 15 is 0 Å². The number of carbonyl (C=O) groups excluding carboxylic acids is 1. The minimum Gasteiger partial charge on any atom is -0.291 e. The molecule has 0 aliphatic heterocycles. The third-order valence-electron chi connectivity index (χ3n) is 2.10. The molecule has 0 radical (unpaired) electrons. The van der Waals surface area contributed by atoms with Gasteiger partial charge in [0, 0.05) is 23.5 Å². The fraction of sp³-hybridized carbons (Fsp3) is 0. The van der Waals surface area contributed by atoms with Gasteiger partial charge in [0.05, 0.1) is 0 Å². The van der Waals surface area contributed by atoms with E-state index in [-0.39, 0.29) is 11.9 Å². The van der Waals surface area contributed by atoms with Crippen LogP contribution in [0.4, 0.5) is 5.95 Å². The molecule has 2 rings (SSSR count). The lowest BCUT2D eigenvalue weighted by Gasteiger charge is -1.98. The SMILES string of the molecule is O=C(/C=C/c1ccc(Cl)cc1)Nc1ncccn1. The van der Waals surface area contributed by atoms with Gasteiger partial charge in [-0.15, -0.1) is 0 Å². The first-order valence-electron chi connectivity index (χ1n) is 5.26. The molecule has 1 heterocycles. The minimum atomic E-state index is -0.281. The van der Waals surface area contributed by atoms with Crippen LogP contribution in [-0.4, -0.2) is 15.9 Å². The lowest BCUT2D eigenvalue weighted by Crippen LogP contribution is -2.10. The number of hydrogen-bond donors (Lipinski definition) is 1. The van der Waals surface area contributed by atoms with Gasteiger partial charge in [-0.1, -0.05) is 23.7 Å². The van der Waals surface area contributed by atoms with Gasteiger partial charge in [-0.2, -0.15) is 0 Å². The molecule has 0 aliphatic carbocycles. The van der Waals surface area contributed by atoms with Crippen LogP contribution in [0.2, 0.25) is 5.02 Å². The number of amides is 1. The van der Waals surface area contributed by atoms with Crippen LogP contribution in [0.3, 0.4) is 0 Å². The van der Waals surface area contributed by atoms with Crippen molar-refractivity contribution in [2.45, 2.75) is 0 Å². The van der Waals surface area contributed by atoms with Crippen molar-refractivity contribution in [3.8, 4) is 0 Å². The summed E-state index contributed by atoms with van der Waals surface area (Å²) in [5.74, 6) is -0.000550. The number of benzene rings is 1. The van der Waals surface area contributed by atoms with Crippen molar-refractivity contribution < 1.29 is 4.79 Å². The second kappa shape index (κ2) is 5.93. The molecule has 0 bridgehead atoms. The molecule has 0 saturated carbocycles. The molecule has 1 amide bonds. The van der Waals surface area contributed by atoms with E-state index in [1.165, 1.54) is 6.08 Å². The first-order valence-corrected chi connectivity index (χ1v) is 5.63. The summed E-state index contributed by atoms with van der Waals surface area (Å²) >= 11 is 5.76. The number of carbonyl (C=O) groups is 1. The molecule has 0 aliphatic rings. The monoisotopic (exact) mass is 259 g/mol. The average molecular weight is 260 g/mol. The van der Waals surface area contributed by atoms with E-state index in [0.29, 0.717) is 5.02 Å². The van der Waals surface area contributed by atoms with E-state index in [2.05, 4.69) is 15.3 Å². The number of rotatable bonds is 3. The van der Waals surface area contributed by atoms with Crippen LogP contribution in [-0.2, 0) is 4.79 Å². The first-order chi connectivity index (χ1) is 8.74. The summed E-state index contributed by atoms with van der Waals surface area (Å²) in [6.07, 6.45) is 6.23. The highest BCUT2D eigenvalue weighted by Crippen LogP contribution is 2.10. The highest BCUT2D eigenvalue weighted by atomic mass is 35.5. The van der Waals surface area contributed by atoms with Gasteiger partial charge in [-0.3, -0.25) is 10.1 Å². The van der Waals surface area contributed by atoms with Crippen LogP contribution in [0.15, 0.2) is 48.8 Å². The second-order valence-corrected chi connectivity index (χ2v) is 3.88. The lowest BCUT2D eigenvalue weighted by molar-refractivity contribution is -0.111. The molecule has 4 nitrogen and oxygen atoms in total. The number of aromatic nitrogens is 2. The Bertz CT molecular complexity index is 552. The van der Waals surface area contributed by atoms with Gasteiger partial charge in [0.2, 0.25) is 5.95 Å². The maximum Gasteiger partial charge on any atom is 0.250 e. The Morgan fingerprint density at radius 2 is 1.83 bits per heavy atom. The highest BCUT2D eigenvalue weighted by Gasteiger charge is 1.98. The van der Waals surface area contributed by atoms with Gasteiger partial charge >= 0.3 is 0 Å². The fourth-order valence-electron chi connectivity index (χ4n) is 1.26. The van der Waals surface area contributed by atoms with Crippen LogP contribution in [0.1, 0.15) is 5.56 Å². The van der Waals surface area contributed by atoms with Crippen molar-refractivity contribution in [2.75, 3.05) is 5.32 Å². The molecule has 0 fully saturated rings. The van der Waals surface area contributed by atoms with Crippen molar-refractivity contribution in [1.82, 2.24) is 9.97 Å². The van der Waals surface area contributed by atoms with Crippen molar-refractivity contribution in [2.24, 2.45) is 0 Å². The maximum atomic E-state index is 11.5. The van der Waals surface area contributed by atoms with E-state index in [9.17, 15) is 4.79 Å². The molecule has 1 aromatic heterocycles. The van der Waals surface area contributed by atoms with Gasteiger partial charge in [-0.25, -0.2) is 9.97 Å². The summed E-state index contributed by atoms with van der Waals surface area (Å²) in [4.78, 5) is 19.3.